The molecule has 2 rings (SSSR count). The Labute approximate surface area is 121 Å². The molecule has 1 heterocycles. The lowest BCUT2D eigenvalue weighted by molar-refractivity contribution is -0.117. The number of hydrogen-bond acceptors (Lipinski definition) is 3. The molecule has 0 aromatic heterocycles. The van der Waals surface area contributed by atoms with Crippen LogP contribution in [0.15, 0.2) is 24.3 Å². The predicted octanol–water partition coefficient (Wildman–Crippen LogP) is 2.90. The van der Waals surface area contributed by atoms with Gasteiger partial charge in [-0.2, -0.15) is 0 Å². The lowest BCUT2D eigenvalue weighted by Crippen LogP contribution is -2.36. The van der Waals surface area contributed by atoms with E-state index in [4.69, 9.17) is 4.74 Å². The van der Waals surface area contributed by atoms with Gasteiger partial charge in [0.1, 0.15) is 5.75 Å². The van der Waals surface area contributed by atoms with Crippen molar-refractivity contribution in [3.05, 3.63) is 24.3 Å². The fourth-order valence-electron chi connectivity index (χ4n) is 2.44. The Kier molecular flexibility index (Phi) is 5.41. The lowest BCUT2D eigenvalue weighted by Gasteiger charge is -2.25. The molecule has 1 aromatic rings. The molecule has 4 heteroatoms. The maximum absolute atomic E-state index is 12.1. The Morgan fingerprint density at radius 3 is 2.65 bits per heavy atom. The van der Waals surface area contributed by atoms with E-state index in [1.165, 1.54) is 19.3 Å². The molecule has 0 spiro atoms. The van der Waals surface area contributed by atoms with Gasteiger partial charge in [0.05, 0.1) is 18.3 Å². The fraction of sp³-hybridized carbons (Fsp3) is 0.562. The Hall–Kier alpha value is -1.55. The van der Waals surface area contributed by atoms with E-state index in [-0.39, 0.29) is 12.0 Å². The lowest BCUT2D eigenvalue weighted by atomic mass is 10.1. The summed E-state index contributed by atoms with van der Waals surface area (Å²) in [4.78, 5) is 14.3. The molecule has 0 radical (unpaired) electrons. The first-order valence-electron chi connectivity index (χ1n) is 7.43. The summed E-state index contributed by atoms with van der Waals surface area (Å²) in [7, 11) is 0. The molecule has 0 aliphatic carbocycles. The summed E-state index contributed by atoms with van der Waals surface area (Å²) in [5.41, 5.74) is 0.753. The number of likely N-dealkylation sites (tertiary alicyclic amines) is 1. The average molecular weight is 276 g/mol. The summed E-state index contributed by atoms with van der Waals surface area (Å²) in [6.45, 7) is 6.48. The highest BCUT2D eigenvalue weighted by molar-refractivity contribution is 5.93. The molecular formula is C16H24N2O2. The number of anilines is 1. The number of hydrogen-bond donors (Lipinski definition) is 1. The van der Waals surface area contributed by atoms with Crippen molar-refractivity contribution in [1.29, 1.82) is 0 Å². The average Bonchev–Trinajstić information content (AvgIpc) is 2.41. The molecule has 1 saturated heterocycles. The quantitative estimate of drug-likeness (QED) is 0.899. The van der Waals surface area contributed by atoms with Crippen molar-refractivity contribution in [3.63, 3.8) is 0 Å². The standard InChI is InChI=1S/C16H24N2O2/c1-13(2)20-15-9-5-4-8-14(15)17-16(19)12-18-10-6-3-7-11-18/h4-5,8-9,13H,3,6-7,10-12H2,1-2H3,(H,17,19). The topological polar surface area (TPSA) is 41.6 Å². The number of piperidine rings is 1. The van der Waals surface area contributed by atoms with Gasteiger partial charge in [0.2, 0.25) is 5.91 Å². The van der Waals surface area contributed by atoms with Gasteiger partial charge in [-0.3, -0.25) is 9.69 Å². The molecule has 0 saturated carbocycles. The SMILES string of the molecule is CC(C)Oc1ccccc1NC(=O)CN1CCCCC1. The summed E-state index contributed by atoms with van der Waals surface area (Å²) in [6.07, 6.45) is 3.76. The van der Waals surface area contributed by atoms with Crippen molar-refractivity contribution in [2.45, 2.75) is 39.2 Å². The Bertz CT molecular complexity index is 440. The van der Waals surface area contributed by atoms with Crippen molar-refractivity contribution < 1.29 is 9.53 Å². The highest BCUT2D eigenvalue weighted by Gasteiger charge is 2.15. The van der Waals surface area contributed by atoms with Gasteiger partial charge in [-0.15, -0.1) is 0 Å². The third kappa shape index (κ3) is 4.53. The smallest absolute Gasteiger partial charge is 0.238 e. The molecule has 1 aromatic carbocycles. The molecule has 1 fully saturated rings. The van der Waals surface area contributed by atoms with Crippen LogP contribution in [0.2, 0.25) is 0 Å². The van der Waals surface area contributed by atoms with Crippen molar-refractivity contribution in [3.8, 4) is 5.75 Å². The van der Waals surface area contributed by atoms with Crippen LogP contribution >= 0.6 is 0 Å². The molecule has 4 nitrogen and oxygen atoms in total. The molecule has 0 bridgehead atoms. The minimum absolute atomic E-state index is 0.0340. The van der Waals surface area contributed by atoms with Crippen LogP contribution in [0.3, 0.4) is 0 Å². The predicted molar refractivity (Wildman–Crippen MR) is 81.1 cm³/mol. The molecule has 1 amide bonds. The second-order valence-electron chi connectivity index (χ2n) is 5.55. The van der Waals surface area contributed by atoms with E-state index in [1.54, 1.807) is 0 Å². The van der Waals surface area contributed by atoms with Crippen LogP contribution < -0.4 is 10.1 Å². The number of carbonyl (C=O) groups excluding carboxylic acids is 1. The van der Waals surface area contributed by atoms with Crippen molar-refractivity contribution in [2.75, 3.05) is 25.0 Å². The zero-order chi connectivity index (χ0) is 14.4. The van der Waals surface area contributed by atoms with E-state index in [1.807, 2.05) is 38.1 Å². The minimum atomic E-state index is 0.0340. The van der Waals surface area contributed by atoms with Gasteiger partial charge < -0.3 is 10.1 Å². The van der Waals surface area contributed by atoms with Crippen LogP contribution in [-0.2, 0) is 4.79 Å². The third-order valence-electron chi connectivity index (χ3n) is 3.34. The number of benzene rings is 1. The van der Waals surface area contributed by atoms with E-state index in [0.717, 1.165) is 24.5 Å². The normalized spacial score (nSPS) is 16.1. The first kappa shape index (κ1) is 14.9. The van der Waals surface area contributed by atoms with Gasteiger partial charge in [0.25, 0.3) is 0 Å². The van der Waals surface area contributed by atoms with Crippen LogP contribution in [0.1, 0.15) is 33.1 Å². The summed E-state index contributed by atoms with van der Waals surface area (Å²) < 4.78 is 5.71. The largest absolute Gasteiger partial charge is 0.489 e. The summed E-state index contributed by atoms with van der Waals surface area (Å²) in [6, 6.07) is 7.59. The van der Waals surface area contributed by atoms with Crippen LogP contribution in [0.25, 0.3) is 0 Å². The minimum Gasteiger partial charge on any atom is -0.489 e. The van der Waals surface area contributed by atoms with Crippen molar-refractivity contribution in [2.24, 2.45) is 0 Å². The number of carbonyl (C=O) groups is 1. The zero-order valence-electron chi connectivity index (χ0n) is 12.4. The molecule has 1 N–H and O–H groups in total. The first-order chi connectivity index (χ1) is 9.65. The van der Waals surface area contributed by atoms with Crippen LogP contribution in [0.5, 0.6) is 5.75 Å². The zero-order valence-corrected chi connectivity index (χ0v) is 12.4. The maximum atomic E-state index is 12.1. The van der Waals surface area contributed by atoms with Crippen LogP contribution in [-0.4, -0.2) is 36.5 Å². The van der Waals surface area contributed by atoms with E-state index < -0.39 is 0 Å². The molecule has 1 aliphatic rings. The molecule has 0 atom stereocenters. The van der Waals surface area contributed by atoms with Gasteiger partial charge in [-0.1, -0.05) is 18.6 Å². The van der Waals surface area contributed by atoms with E-state index >= 15 is 0 Å². The van der Waals surface area contributed by atoms with E-state index in [0.29, 0.717) is 6.54 Å². The monoisotopic (exact) mass is 276 g/mol. The number of nitrogens with zero attached hydrogens (tertiary/aromatic N) is 1. The van der Waals surface area contributed by atoms with Crippen molar-refractivity contribution in [1.82, 2.24) is 4.90 Å². The maximum Gasteiger partial charge on any atom is 0.238 e. The third-order valence-corrected chi connectivity index (χ3v) is 3.34. The molecule has 110 valence electrons. The Morgan fingerprint density at radius 2 is 1.95 bits per heavy atom. The number of rotatable bonds is 5. The van der Waals surface area contributed by atoms with Gasteiger partial charge in [0.15, 0.2) is 0 Å². The van der Waals surface area contributed by atoms with Crippen molar-refractivity contribution >= 4 is 11.6 Å². The molecule has 20 heavy (non-hydrogen) atoms. The number of amides is 1. The van der Waals surface area contributed by atoms with Crippen LogP contribution in [0, 0.1) is 0 Å². The second-order valence-corrected chi connectivity index (χ2v) is 5.55. The van der Waals surface area contributed by atoms with Gasteiger partial charge >= 0.3 is 0 Å². The van der Waals surface area contributed by atoms with Crippen LogP contribution in [0.4, 0.5) is 5.69 Å². The molecule has 0 unspecified atom stereocenters. The highest BCUT2D eigenvalue weighted by atomic mass is 16.5. The molecule has 1 aliphatic heterocycles. The van der Waals surface area contributed by atoms with Gasteiger partial charge in [0, 0.05) is 0 Å². The summed E-state index contributed by atoms with van der Waals surface area (Å²) in [5, 5.41) is 2.96. The van der Waals surface area contributed by atoms with Gasteiger partial charge in [-0.05, 0) is 51.9 Å². The Balaban J connectivity index is 1.93. The number of para-hydroxylation sites is 2. The first-order valence-corrected chi connectivity index (χ1v) is 7.43. The van der Waals surface area contributed by atoms with E-state index in [9.17, 15) is 4.79 Å². The summed E-state index contributed by atoms with van der Waals surface area (Å²) >= 11 is 0. The number of ether oxygens (including phenoxy) is 1. The number of nitrogens with one attached hydrogen (secondary N) is 1. The van der Waals surface area contributed by atoms with Gasteiger partial charge in [-0.25, -0.2) is 0 Å². The highest BCUT2D eigenvalue weighted by Crippen LogP contribution is 2.24. The Morgan fingerprint density at radius 1 is 1.25 bits per heavy atom. The van der Waals surface area contributed by atoms with E-state index in [2.05, 4.69) is 10.2 Å². The fourth-order valence-corrected chi connectivity index (χ4v) is 2.44. The summed E-state index contributed by atoms with van der Waals surface area (Å²) in [5.74, 6) is 0.765. The second kappa shape index (κ2) is 7.29. The molecular weight excluding hydrogens is 252 g/mol.